The van der Waals surface area contributed by atoms with Gasteiger partial charge in [-0.05, 0) is 47.1 Å². The van der Waals surface area contributed by atoms with Crippen LogP contribution < -0.4 is 10.5 Å². The lowest BCUT2D eigenvalue weighted by molar-refractivity contribution is 0.0751. The Morgan fingerprint density at radius 1 is 1.35 bits per heavy atom. The summed E-state index contributed by atoms with van der Waals surface area (Å²) in [5.41, 5.74) is 7.19. The van der Waals surface area contributed by atoms with Crippen LogP contribution >= 0.6 is 15.9 Å². The average molecular weight is 345 g/mol. The Hall–Kier alpha value is -0.620. The average Bonchev–Trinajstić information content (AvgIpc) is 2.44. The zero-order valence-electron chi connectivity index (χ0n) is 12.7. The summed E-state index contributed by atoms with van der Waals surface area (Å²) in [6.07, 6.45) is 0. The van der Waals surface area contributed by atoms with Crippen molar-refractivity contribution in [2.75, 3.05) is 33.9 Å². The Bertz CT molecular complexity index is 415. The third kappa shape index (κ3) is 4.19. The van der Waals surface area contributed by atoms with Crippen molar-refractivity contribution in [3.8, 4) is 5.75 Å². The summed E-state index contributed by atoms with van der Waals surface area (Å²) < 4.78 is 11.5. The first-order valence-electron chi connectivity index (χ1n) is 6.87. The van der Waals surface area contributed by atoms with E-state index in [-0.39, 0.29) is 6.04 Å². The van der Waals surface area contributed by atoms with E-state index >= 15 is 0 Å². The fourth-order valence-corrected chi connectivity index (χ4v) is 3.09. The van der Waals surface area contributed by atoms with Crippen molar-refractivity contribution < 1.29 is 9.47 Å². The van der Waals surface area contributed by atoms with Gasteiger partial charge in [-0.3, -0.25) is 4.90 Å². The molecule has 0 aliphatic heterocycles. The van der Waals surface area contributed by atoms with Gasteiger partial charge in [-0.2, -0.15) is 0 Å². The molecule has 1 rings (SSSR count). The summed E-state index contributed by atoms with van der Waals surface area (Å²) in [7, 11) is 3.39. The molecule has 2 atom stereocenters. The number of nitrogens with two attached hydrogens (primary N) is 1. The van der Waals surface area contributed by atoms with Crippen molar-refractivity contribution in [1.82, 2.24) is 4.90 Å². The number of likely N-dealkylation sites (N-methyl/N-ethyl adjacent to an activating group) is 1. The molecular formula is C15H25BrN2O2. The van der Waals surface area contributed by atoms with E-state index < -0.39 is 0 Å². The van der Waals surface area contributed by atoms with Crippen molar-refractivity contribution in [3.63, 3.8) is 0 Å². The zero-order valence-corrected chi connectivity index (χ0v) is 14.3. The van der Waals surface area contributed by atoms with Crippen LogP contribution in [0.1, 0.15) is 25.5 Å². The minimum atomic E-state index is 0.173. The maximum Gasteiger partial charge on any atom is 0.133 e. The summed E-state index contributed by atoms with van der Waals surface area (Å²) in [6, 6.07) is 6.62. The van der Waals surface area contributed by atoms with Gasteiger partial charge in [-0.1, -0.05) is 13.0 Å². The molecule has 0 aromatic heterocycles. The summed E-state index contributed by atoms with van der Waals surface area (Å²) in [6.45, 7) is 6.50. The molecule has 114 valence electrons. The van der Waals surface area contributed by atoms with Crippen molar-refractivity contribution in [3.05, 3.63) is 28.2 Å². The lowest BCUT2D eigenvalue weighted by atomic mass is 10.0. The summed E-state index contributed by atoms with van der Waals surface area (Å²) in [4.78, 5) is 2.36. The second-order valence-corrected chi connectivity index (χ2v) is 5.63. The van der Waals surface area contributed by atoms with Crippen molar-refractivity contribution in [2.45, 2.75) is 25.9 Å². The molecule has 0 spiro atoms. The van der Waals surface area contributed by atoms with Crippen LogP contribution in [0.15, 0.2) is 22.7 Å². The molecule has 2 N–H and O–H groups in total. The highest BCUT2D eigenvalue weighted by Gasteiger charge is 2.23. The van der Waals surface area contributed by atoms with Gasteiger partial charge in [-0.15, -0.1) is 0 Å². The predicted molar refractivity (Wildman–Crippen MR) is 86.2 cm³/mol. The van der Waals surface area contributed by atoms with Crippen molar-refractivity contribution >= 4 is 15.9 Å². The number of hydrogen-bond donors (Lipinski definition) is 1. The highest BCUT2D eigenvalue weighted by molar-refractivity contribution is 9.10. The van der Waals surface area contributed by atoms with Crippen LogP contribution in [0.3, 0.4) is 0 Å². The topological polar surface area (TPSA) is 47.7 Å². The fourth-order valence-electron chi connectivity index (χ4n) is 2.53. The SMILES string of the molecule is CCN(C(C)COC)C(CN)c1ccc(OC)c(Br)c1. The molecule has 0 bridgehead atoms. The first-order valence-corrected chi connectivity index (χ1v) is 7.66. The van der Waals surface area contributed by atoms with E-state index in [1.165, 1.54) is 5.56 Å². The molecular weight excluding hydrogens is 320 g/mol. The molecule has 1 aromatic carbocycles. The number of hydrogen-bond acceptors (Lipinski definition) is 4. The fraction of sp³-hybridized carbons (Fsp3) is 0.600. The Morgan fingerprint density at radius 2 is 2.05 bits per heavy atom. The number of rotatable bonds is 8. The van der Waals surface area contributed by atoms with Gasteiger partial charge in [0.05, 0.1) is 18.2 Å². The largest absolute Gasteiger partial charge is 0.496 e. The lowest BCUT2D eigenvalue weighted by Crippen LogP contribution is -2.42. The molecule has 5 heteroatoms. The number of ether oxygens (including phenoxy) is 2. The van der Waals surface area contributed by atoms with Crippen LogP contribution in [-0.2, 0) is 4.74 Å². The van der Waals surface area contributed by atoms with E-state index in [4.69, 9.17) is 15.2 Å². The Kier molecular flexibility index (Phi) is 7.51. The minimum Gasteiger partial charge on any atom is -0.496 e. The van der Waals surface area contributed by atoms with Gasteiger partial charge in [0, 0.05) is 25.7 Å². The van der Waals surface area contributed by atoms with Crippen LogP contribution in [0.5, 0.6) is 5.75 Å². The molecule has 0 radical (unpaired) electrons. The minimum absolute atomic E-state index is 0.173. The van der Waals surface area contributed by atoms with Crippen LogP contribution in [0.2, 0.25) is 0 Å². The second-order valence-electron chi connectivity index (χ2n) is 4.78. The summed E-state index contributed by atoms with van der Waals surface area (Å²) in [5.74, 6) is 0.831. The maximum atomic E-state index is 6.01. The van der Waals surface area contributed by atoms with Gasteiger partial charge in [0.25, 0.3) is 0 Å². The van der Waals surface area contributed by atoms with E-state index in [9.17, 15) is 0 Å². The molecule has 0 saturated heterocycles. The molecule has 2 unspecified atom stereocenters. The molecule has 0 amide bonds. The highest BCUT2D eigenvalue weighted by atomic mass is 79.9. The summed E-state index contributed by atoms with van der Waals surface area (Å²) >= 11 is 3.53. The normalized spacial score (nSPS) is 14.3. The van der Waals surface area contributed by atoms with Crippen LogP contribution in [-0.4, -0.2) is 44.9 Å². The van der Waals surface area contributed by atoms with Gasteiger partial charge >= 0.3 is 0 Å². The zero-order chi connectivity index (χ0) is 15.1. The summed E-state index contributed by atoms with van der Waals surface area (Å²) in [5, 5.41) is 0. The van der Waals surface area contributed by atoms with E-state index in [1.807, 2.05) is 6.07 Å². The van der Waals surface area contributed by atoms with Crippen LogP contribution in [0.4, 0.5) is 0 Å². The lowest BCUT2D eigenvalue weighted by Gasteiger charge is -2.35. The quantitative estimate of drug-likeness (QED) is 0.787. The van der Waals surface area contributed by atoms with Crippen LogP contribution in [0, 0.1) is 0 Å². The monoisotopic (exact) mass is 344 g/mol. The molecule has 0 fully saturated rings. The van der Waals surface area contributed by atoms with E-state index in [2.05, 4.69) is 46.8 Å². The molecule has 4 nitrogen and oxygen atoms in total. The van der Waals surface area contributed by atoms with Gasteiger partial charge in [0.1, 0.15) is 5.75 Å². The maximum absolute atomic E-state index is 6.01. The molecule has 20 heavy (non-hydrogen) atoms. The molecule has 0 heterocycles. The van der Waals surface area contributed by atoms with Crippen LogP contribution in [0.25, 0.3) is 0 Å². The van der Waals surface area contributed by atoms with Gasteiger partial charge in [-0.25, -0.2) is 0 Å². The van der Waals surface area contributed by atoms with Gasteiger partial charge in [0.15, 0.2) is 0 Å². The second kappa shape index (κ2) is 8.62. The molecule has 0 aliphatic rings. The van der Waals surface area contributed by atoms with E-state index in [0.29, 0.717) is 19.2 Å². The molecule has 0 saturated carbocycles. The third-order valence-corrected chi connectivity index (χ3v) is 4.14. The Labute approximate surface area is 130 Å². The number of methoxy groups -OCH3 is 2. The van der Waals surface area contributed by atoms with E-state index in [0.717, 1.165) is 16.8 Å². The molecule has 0 aliphatic carbocycles. The number of benzene rings is 1. The number of halogens is 1. The van der Waals surface area contributed by atoms with Crippen molar-refractivity contribution in [1.29, 1.82) is 0 Å². The standard InChI is InChI=1S/C15H25BrN2O2/c1-5-18(11(2)10-19-3)14(9-17)12-6-7-15(20-4)13(16)8-12/h6-8,11,14H,5,9-10,17H2,1-4H3. The smallest absolute Gasteiger partial charge is 0.133 e. The van der Waals surface area contributed by atoms with Gasteiger partial charge < -0.3 is 15.2 Å². The Balaban J connectivity index is 3.01. The Morgan fingerprint density at radius 3 is 2.50 bits per heavy atom. The first kappa shape index (κ1) is 17.4. The molecule has 1 aromatic rings. The predicted octanol–water partition coefficient (Wildman–Crippen LogP) is 2.81. The highest BCUT2D eigenvalue weighted by Crippen LogP contribution is 2.30. The first-order chi connectivity index (χ1) is 9.58. The number of nitrogens with zero attached hydrogens (tertiary/aromatic N) is 1. The van der Waals surface area contributed by atoms with E-state index in [1.54, 1.807) is 14.2 Å². The third-order valence-electron chi connectivity index (χ3n) is 3.52. The van der Waals surface area contributed by atoms with Crippen molar-refractivity contribution in [2.24, 2.45) is 5.73 Å². The van der Waals surface area contributed by atoms with Gasteiger partial charge in [0.2, 0.25) is 0 Å².